The first-order valence-electron chi connectivity index (χ1n) is 8.11. The van der Waals surface area contributed by atoms with Gasteiger partial charge in [-0.2, -0.15) is 0 Å². The minimum absolute atomic E-state index is 0. The standard InChI is InChI=1S/C19H19N3O.2ClH/c23-19(22-14-6-3-9-20-12-14)17-11-13-5-1-2-7-15(13)16-8-4-10-21-18(16)17;;/h1-2,4-5,7-8,10-11,14,20H,3,6,9,12H2,(H,22,23);2*1H/t14-;;/m0../s1. The second kappa shape index (κ2) is 8.48. The summed E-state index contributed by atoms with van der Waals surface area (Å²) in [7, 11) is 0. The monoisotopic (exact) mass is 377 g/mol. The highest BCUT2D eigenvalue weighted by atomic mass is 35.5. The highest BCUT2D eigenvalue weighted by molar-refractivity contribution is 6.15. The van der Waals surface area contributed by atoms with Gasteiger partial charge in [-0.1, -0.05) is 30.3 Å². The number of carbonyl (C=O) groups excluding carboxylic acids is 1. The van der Waals surface area contributed by atoms with E-state index in [0.29, 0.717) is 5.56 Å². The molecule has 6 heteroatoms. The highest BCUT2D eigenvalue weighted by Gasteiger charge is 2.19. The van der Waals surface area contributed by atoms with Crippen LogP contribution >= 0.6 is 24.8 Å². The molecular weight excluding hydrogens is 357 g/mol. The fraction of sp³-hybridized carbons (Fsp3) is 0.263. The number of hydrogen-bond donors (Lipinski definition) is 2. The van der Waals surface area contributed by atoms with Gasteiger partial charge in [0, 0.05) is 24.2 Å². The van der Waals surface area contributed by atoms with Crippen molar-refractivity contribution < 1.29 is 4.79 Å². The molecule has 0 spiro atoms. The lowest BCUT2D eigenvalue weighted by Gasteiger charge is -2.24. The molecule has 1 saturated heterocycles. The van der Waals surface area contributed by atoms with Crippen LogP contribution in [-0.2, 0) is 0 Å². The van der Waals surface area contributed by atoms with Crippen LogP contribution in [0.5, 0.6) is 0 Å². The predicted molar refractivity (Wildman–Crippen MR) is 107 cm³/mol. The molecule has 0 bridgehead atoms. The van der Waals surface area contributed by atoms with E-state index < -0.39 is 0 Å². The summed E-state index contributed by atoms with van der Waals surface area (Å²) in [6.45, 7) is 1.87. The van der Waals surface area contributed by atoms with Gasteiger partial charge in [-0.25, -0.2) is 0 Å². The molecule has 132 valence electrons. The van der Waals surface area contributed by atoms with E-state index in [2.05, 4.69) is 21.7 Å². The van der Waals surface area contributed by atoms with Crippen LogP contribution in [0.3, 0.4) is 0 Å². The summed E-state index contributed by atoms with van der Waals surface area (Å²) in [5.41, 5.74) is 1.43. The van der Waals surface area contributed by atoms with E-state index >= 15 is 0 Å². The van der Waals surface area contributed by atoms with Crippen LogP contribution in [0, 0.1) is 0 Å². The Hall–Kier alpha value is -1.88. The van der Waals surface area contributed by atoms with Crippen molar-refractivity contribution in [2.24, 2.45) is 0 Å². The maximum Gasteiger partial charge on any atom is 0.253 e. The highest BCUT2D eigenvalue weighted by Crippen LogP contribution is 2.27. The van der Waals surface area contributed by atoms with Crippen LogP contribution in [-0.4, -0.2) is 30.0 Å². The molecule has 4 rings (SSSR count). The van der Waals surface area contributed by atoms with Crippen molar-refractivity contribution in [2.45, 2.75) is 18.9 Å². The van der Waals surface area contributed by atoms with Crippen LogP contribution in [0.25, 0.3) is 21.7 Å². The van der Waals surface area contributed by atoms with E-state index in [1.807, 2.05) is 36.4 Å². The van der Waals surface area contributed by atoms with Crippen molar-refractivity contribution in [1.82, 2.24) is 15.6 Å². The van der Waals surface area contributed by atoms with Crippen molar-refractivity contribution in [3.05, 3.63) is 54.2 Å². The number of nitrogens with one attached hydrogen (secondary N) is 2. The molecule has 1 atom stereocenters. The summed E-state index contributed by atoms with van der Waals surface area (Å²) in [5, 5.41) is 9.70. The van der Waals surface area contributed by atoms with Crippen molar-refractivity contribution in [2.75, 3.05) is 13.1 Å². The minimum atomic E-state index is -0.0341. The Kier molecular flexibility index (Phi) is 6.59. The summed E-state index contributed by atoms with van der Waals surface area (Å²) < 4.78 is 0. The Labute approximate surface area is 159 Å². The Morgan fingerprint density at radius 3 is 2.72 bits per heavy atom. The second-order valence-corrected chi connectivity index (χ2v) is 6.06. The number of fused-ring (bicyclic) bond motifs is 3. The van der Waals surface area contributed by atoms with Crippen LogP contribution in [0.1, 0.15) is 23.2 Å². The van der Waals surface area contributed by atoms with Crippen molar-refractivity contribution in [3.8, 4) is 0 Å². The number of piperidine rings is 1. The molecule has 0 saturated carbocycles. The van der Waals surface area contributed by atoms with Gasteiger partial charge in [-0.05, 0) is 42.3 Å². The topological polar surface area (TPSA) is 54.0 Å². The number of hydrogen-bond acceptors (Lipinski definition) is 3. The molecule has 0 aliphatic carbocycles. The zero-order valence-corrected chi connectivity index (χ0v) is 15.3. The fourth-order valence-corrected chi connectivity index (χ4v) is 3.34. The quantitative estimate of drug-likeness (QED) is 0.669. The molecular formula is C19H21Cl2N3O. The molecule has 0 unspecified atom stereocenters. The SMILES string of the molecule is Cl.Cl.O=C(N[C@H]1CCCNC1)c1cc2ccccc2c2cccnc12. The predicted octanol–water partition coefficient (Wildman–Crippen LogP) is 3.71. The molecule has 1 aliphatic heterocycles. The molecule has 4 nitrogen and oxygen atoms in total. The third kappa shape index (κ3) is 3.87. The molecule has 1 aliphatic rings. The van der Waals surface area contributed by atoms with Crippen molar-refractivity contribution in [3.63, 3.8) is 0 Å². The third-order valence-electron chi connectivity index (χ3n) is 4.49. The molecule has 0 radical (unpaired) electrons. The normalized spacial score (nSPS) is 16.7. The lowest BCUT2D eigenvalue weighted by atomic mass is 9.99. The van der Waals surface area contributed by atoms with Gasteiger partial charge >= 0.3 is 0 Å². The number of pyridine rings is 1. The largest absolute Gasteiger partial charge is 0.348 e. The lowest BCUT2D eigenvalue weighted by molar-refractivity contribution is 0.0932. The number of rotatable bonds is 2. The van der Waals surface area contributed by atoms with Gasteiger partial charge in [0.2, 0.25) is 0 Å². The van der Waals surface area contributed by atoms with Crippen molar-refractivity contribution >= 4 is 52.4 Å². The van der Waals surface area contributed by atoms with E-state index in [4.69, 9.17) is 0 Å². The third-order valence-corrected chi connectivity index (χ3v) is 4.49. The fourth-order valence-electron chi connectivity index (χ4n) is 3.34. The first-order valence-corrected chi connectivity index (χ1v) is 8.11. The number of amides is 1. The van der Waals surface area contributed by atoms with Gasteiger partial charge in [0.25, 0.3) is 5.91 Å². The molecule has 3 aromatic rings. The Morgan fingerprint density at radius 2 is 1.92 bits per heavy atom. The molecule has 1 fully saturated rings. The molecule has 2 heterocycles. The number of aromatic nitrogens is 1. The van der Waals surface area contributed by atoms with E-state index in [-0.39, 0.29) is 36.8 Å². The zero-order valence-electron chi connectivity index (χ0n) is 13.7. The van der Waals surface area contributed by atoms with Gasteiger partial charge in [0.05, 0.1) is 11.1 Å². The van der Waals surface area contributed by atoms with Crippen LogP contribution < -0.4 is 10.6 Å². The maximum atomic E-state index is 12.8. The summed E-state index contributed by atoms with van der Waals surface area (Å²) >= 11 is 0. The Bertz CT molecular complexity index is 879. The number of carbonyl (C=O) groups is 1. The van der Waals surface area contributed by atoms with Gasteiger partial charge < -0.3 is 10.6 Å². The zero-order chi connectivity index (χ0) is 15.6. The lowest BCUT2D eigenvalue weighted by Crippen LogP contribution is -2.45. The average molecular weight is 378 g/mol. The van der Waals surface area contributed by atoms with Gasteiger partial charge in [-0.15, -0.1) is 24.8 Å². The van der Waals surface area contributed by atoms with Crippen LogP contribution in [0.2, 0.25) is 0 Å². The van der Waals surface area contributed by atoms with Gasteiger partial charge in [0.1, 0.15) is 0 Å². The Balaban J connectivity index is 0.00000113. The average Bonchev–Trinajstić information content (AvgIpc) is 2.62. The summed E-state index contributed by atoms with van der Waals surface area (Å²) in [6, 6.07) is 14.2. The summed E-state index contributed by atoms with van der Waals surface area (Å²) in [4.78, 5) is 17.3. The first kappa shape index (κ1) is 19.4. The molecule has 1 aromatic heterocycles. The van der Waals surface area contributed by atoms with Gasteiger partial charge in [0.15, 0.2) is 0 Å². The Morgan fingerprint density at radius 1 is 1.12 bits per heavy atom. The number of nitrogens with zero attached hydrogens (tertiary/aromatic N) is 1. The van der Waals surface area contributed by atoms with Crippen LogP contribution in [0.15, 0.2) is 48.7 Å². The molecule has 1 amide bonds. The second-order valence-electron chi connectivity index (χ2n) is 6.06. The molecule has 2 N–H and O–H groups in total. The first-order chi connectivity index (χ1) is 11.3. The molecule has 25 heavy (non-hydrogen) atoms. The maximum absolute atomic E-state index is 12.8. The van der Waals surface area contributed by atoms with E-state index in [9.17, 15) is 4.79 Å². The molecule has 2 aromatic carbocycles. The van der Waals surface area contributed by atoms with Gasteiger partial charge in [-0.3, -0.25) is 9.78 Å². The minimum Gasteiger partial charge on any atom is -0.348 e. The van der Waals surface area contributed by atoms with E-state index in [1.54, 1.807) is 6.20 Å². The summed E-state index contributed by atoms with van der Waals surface area (Å²) in [6.07, 6.45) is 3.87. The summed E-state index contributed by atoms with van der Waals surface area (Å²) in [5.74, 6) is -0.0341. The van der Waals surface area contributed by atoms with Crippen molar-refractivity contribution in [1.29, 1.82) is 0 Å². The van der Waals surface area contributed by atoms with E-state index in [0.717, 1.165) is 47.6 Å². The smallest absolute Gasteiger partial charge is 0.253 e. The number of benzene rings is 2. The van der Waals surface area contributed by atoms with E-state index in [1.165, 1.54) is 0 Å². The number of halogens is 2. The van der Waals surface area contributed by atoms with Crippen LogP contribution in [0.4, 0.5) is 0 Å².